The molecule has 0 aliphatic rings. The van der Waals surface area contributed by atoms with Gasteiger partial charge in [0.2, 0.25) is 0 Å². The molecular formula is C16H27NS. The van der Waals surface area contributed by atoms with Crippen molar-refractivity contribution in [2.75, 3.05) is 18.6 Å². The van der Waals surface area contributed by atoms with Gasteiger partial charge in [-0.2, -0.15) is 11.8 Å². The molecule has 0 unspecified atom stereocenters. The summed E-state index contributed by atoms with van der Waals surface area (Å²) in [4.78, 5) is 0. The summed E-state index contributed by atoms with van der Waals surface area (Å²) < 4.78 is 0. The first-order chi connectivity index (χ1) is 8.88. The molecule has 0 aliphatic heterocycles. The Labute approximate surface area is 117 Å². The van der Waals surface area contributed by atoms with Crippen LogP contribution in [-0.2, 0) is 13.0 Å². The van der Waals surface area contributed by atoms with E-state index < -0.39 is 0 Å². The predicted molar refractivity (Wildman–Crippen MR) is 84.4 cm³/mol. The first-order valence-electron chi connectivity index (χ1n) is 7.15. The quantitative estimate of drug-likeness (QED) is 0.634. The zero-order valence-electron chi connectivity index (χ0n) is 11.9. The number of aryl methyl sites for hydroxylation is 1. The van der Waals surface area contributed by atoms with Gasteiger partial charge in [0.1, 0.15) is 0 Å². The van der Waals surface area contributed by atoms with Crippen LogP contribution in [0.4, 0.5) is 0 Å². The molecule has 0 bridgehead atoms. The van der Waals surface area contributed by atoms with Crippen LogP contribution in [0, 0.1) is 0 Å². The summed E-state index contributed by atoms with van der Waals surface area (Å²) in [5.41, 5.74) is 2.94. The van der Waals surface area contributed by atoms with Crippen molar-refractivity contribution in [3.63, 3.8) is 0 Å². The van der Waals surface area contributed by atoms with Gasteiger partial charge in [0.25, 0.3) is 0 Å². The fraction of sp³-hybridized carbons (Fsp3) is 0.625. The molecule has 0 radical (unpaired) electrons. The van der Waals surface area contributed by atoms with E-state index in [1.54, 1.807) is 0 Å². The summed E-state index contributed by atoms with van der Waals surface area (Å²) in [7, 11) is 0. The molecule has 0 aromatic heterocycles. The highest BCUT2D eigenvalue weighted by Gasteiger charge is 1.98. The molecule has 2 heteroatoms. The molecule has 0 aliphatic carbocycles. The highest BCUT2D eigenvalue weighted by Crippen LogP contribution is 2.09. The van der Waals surface area contributed by atoms with Gasteiger partial charge in [-0.25, -0.2) is 0 Å². The van der Waals surface area contributed by atoms with E-state index in [1.807, 2.05) is 11.8 Å². The van der Waals surface area contributed by atoms with E-state index >= 15 is 0 Å². The highest BCUT2D eigenvalue weighted by atomic mass is 32.2. The molecule has 18 heavy (non-hydrogen) atoms. The molecule has 0 amide bonds. The third kappa shape index (κ3) is 6.46. The summed E-state index contributed by atoms with van der Waals surface area (Å²) in [5, 5.41) is 3.56. The van der Waals surface area contributed by atoms with Crippen LogP contribution < -0.4 is 5.32 Å². The van der Waals surface area contributed by atoms with Crippen LogP contribution in [0.3, 0.4) is 0 Å². The third-order valence-electron chi connectivity index (χ3n) is 3.27. The van der Waals surface area contributed by atoms with Gasteiger partial charge in [-0.05, 0) is 48.9 Å². The first kappa shape index (κ1) is 15.6. The second-order valence-electron chi connectivity index (χ2n) is 4.71. The zero-order valence-corrected chi connectivity index (χ0v) is 12.7. The van der Waals surface area contributed by atoms with Gasteiger partial charge in [0.15, 0.2) is 0 Å². The molecular weight excluding hydrogens is 238 g/mol. The van der Waals surface area contributed by atoms with Crippen molar-refractivity contribution < 1.29 is 0 Å². The SMILES string of the molecule is CCc1ccccc1CNCCCCCCSC. The molecule has 1 rings (SSSR count). The maximum atomic E-state index is 3.56. The molecule has 0 atom stereocenters. The molecule has 1 aromatic rings. The lowest BCUT2D eigenvalue weighted by Crippen LogP contribution is -2.15. The fourth-order valence-electron chi connectivity index (χ4n) is 2.15. The van der Waals surface area contributed by atoms with E-state index in [9.17, 15) is 0 Å². The minimum Gasteiger partial charge on any atom is -0.313 e. The van der Waals surface area contributed by atoms with Gasteiger partial charge >= 0.3 is 0 Å². The number of benzene rings is 1. The van der Waals surface area contributed by atoms with Crippen molar-refractivity contribution in [3.8, 4) is 0 Å². The van der Waals surface area contributed by atoms with Crippen LogP contribution >= 0.6 is 11.8 Å². The van der Waals surface area contributed by atoms with E-state index in [1.165, 1.54) is 42.6 Å². The lowest BCUT2D eigenvalue weighted by Gasteiger charge is -2.09. The van der Waals surface area contributed by atoms with Gasteiger partial charge < -0.3 is 5.32 Å². The summed E-state index contributed by atoms with van der Waals surface area (Å²) in [5.74, 6) is 1.32. The first-order valence-corrected chi connectivity index (χ1v) is 8.54. The van der Waals surface area contributed by atoms with Crippen molar-refractivity contribution in [1.82, 2.24) is 5.32 Å². The fourth-order valence-corrected chi connectivity index (χ4v) is 2.64. The summed E-state index contributed by atoms with van der Waals surface area (Å²) in [6.45, 7) is 4.40. The van der Waals surface area contributed by atoms with Crippen molar-refractivity contribution >= 4 is 11.8 Å². The Kier molecular flexibility index (Phi) is 9.05. The monoisotopic (exact) mass is 265 g/mol. The van der Waals surface area contributed by atoms with Gasteiger partial charge in [-0.15, -0.1) is 0 Å². The Morgan fingerprint density at radius 3 is 2.44 bits per heavy atom. The lowest BCUT2D eigenvalue weighted by molar-refractivity contribution is 0.598. The van der Waals surface area contributed by atoms with E-state index in [0.29, 0.717) is 0 Å². The van der Waals surface area contributed by atoms with Crippen LogP contribution in [0.25, 0.3) is 0 Å². The van der Waals surface area contributed by atoms with Crippen LogP contribution in [0.5, 0.6) is 0 Å². The number of unbranched alkanes of at least 4 members (excludes halogenated alkanes) is 3. The summed E-state index contributed by atoms with van der Waals surface area (Å²) in [6.07, 6.45) is 8.75. The second-order valence-corrected chi connectivity index (χ2v) is 5.69. The van der Waals surface area contributed by atoms with Gasteiger partial charge in [-0.1, -0.05) is 44.0 Å². The van der Waals surface area contributed by atoms with Gasteiger partial charge in [0.05, 0.1) is 0 Å². The number of rotatable bonds is 10. The van der Waals surface area contributed by atoms with Gasteiger partial charge in [-0.3, -0.25) is 0 Å². The van der Waals surface area contributed by atoms with Crippen molar-refractivity contribution in [2.45, 2.75) is 45.6 Å². The second kappa shape index (κ2) is 10.5. The molecule has 0 saturated carbocycles. The summed E-state index contributed by atoms with van der Waals surface area (Å²) in [6, 6.07) is 8.75. The molecule has 1 aromatic carbocycles. The van der Waals surface area contributed by atoms with E-state index in [4.69, 9.17) is 0 Å². The minimum atomic E-state index is 1.02. The van der Waals surface area contributed by atoms with Gasteiger partial charge in [0, 0.05) is 6.54 Å². The van der Waals surface area contributed by atoms with Crippen LogP contribution in [-0.4, -0.2) is 18.6 Å². The Hall–Kier alpha value is -0.470. The standard InChI is InChI=1S/C16H27NS/c1-3-15-10-6-7-11-16(15)14-17-12-8-4-5-9-13-18-2/h6-7,10-11,17H,3-5,8-9,12-14H2,1-2H3. The summed E-state index contributed by atoms with van der Waals surface area (Å²) >= 11 is 1.96. The maximum absolute atomic E-state index is 3.56. The molecule has 102 valence electrons. The largest absolute Gasteiger partial charge is 0.313 e. The normalized spacial score (nSPS) is 10.8. The Morgan fingerprint density at radius 2 is 1.72 bits per heavy atom. The number of nitrogens with one attached hydrogen (secondary N) is 1. The topological polar surface area (TPSA) is 12.0 Å². The van der Waals surface area contributed by atoms with Crippen molar-refractivity contribution in [2.24, 2.45) is 0 Å². The average Bonchev–Trinajstić information content (AvgIpc) is 2.42. The zero-order chi connectivity index (χ0) is 13.1. The van der Waals surface area contributed by atoms with Crippen molar-refractivity contribution in [3.05, 3.63) is 35.4 Å². The van der Waals surface area contributed by atoms with E-state index in [2.05, 4.69) is 42.8 Å². The van der Waals surface area contributed by atoms with E-state index in [0.717, 1.165) is 19.5 Å². The smallest absolute Gasteiger partial charge is 0.0208 e. The Bertz CT molecular complexity index is 312. The van der Waals surface area contributed by atoms with E-state index in [-0.39, 0.29) is 0 Å². The predicted octanol–water partition coefficient (Wildman–Crippen LogP) is 4.26. The van der Waals surface area contributed by atoms with Crippen molar-refractivity contribution in [1.29, 1.82) is 0 Å². The molecule has 0 fully saturated rings. The van der Waals surface area contributed by atoms with Crippen LogP contribution in [0.15, 0.2) is 24.3 Å². The average molecular weight is 265 g/mol. The number of thioether (sulfide) groups is 1. The molecule has 0 heterocycles. The highest BCUT2D eigenvalue weighted by molar-refractivity contribution is 7.98. The minimum absolute atomic E-state index is 1.02. The Morgan fingerprint density at radius 1 is 1.00 bits per heavy atom. The number of hydrogen-bond acceptors (Lipinski definition) is 2. The molecule has 0 saturated heterocycles. The molecule has 1 nitrogen and oxygen atoms in total. The third-order valence-corrected chi connectivity index (χ3v) is 3.96. The maximum Gasteiger partial charge on any atom is 0.0208 e. The van der Waals surface area contributed by atoms with Crippen LogP contribution in [0.1, 0.15) is 43.7 Å². The molecule has 1 N–H and O–H groups in total. The Balaban J connectivity index is 2.07. The lowest BCUT2D eigenvalue weighted by atomic mass is 10.1. The number of hydrogen-bond donors (Lipinski definition) is 1. The molecule has 0 spiro atoms. The van der Waals surface area contributed by atoms with Crippen LogP contribution in [0.2, 0.25) is 0 Å².